The molecular formula is C12H19N7O2. The fraction of sp³-hybridized carbons (Fsp3) is 0.583. The third-order valence-electron chi connectivity index (χ3n) is 3.26. The van der Waals surface area contributed by atoms with Crippen LogP contribution < -0.4 is 20.4 Å². The number of carbonyl (C=O) groups is 2. The number of piperazine rings is 1. The zero-order valence-corrected chi connectivity index (χ0v) is 12.8. The number of imide groups is 1. The number of nitrogens with zero attached hydrogens (tertiary/aromatic N) is 5. The SMILES string of the molecule is CNc1nc(N(C)C)nc(N2CC(=O)NC(=O)C2(C)C)n1. The molecule has 1 aliphatic heterocycles. The molecule has 1 aromatic heterocycles. The molecule has 9 nitrogen and oxygen atoms in total. The maximum Gasteiger partial charge on any atom is 0.252 e. The van der Waals surface area contributed by atoms with Crippen LogP contribution in [-0.4, -0.2) is 60.0 Å². The van der Waals surface area contributed by atoms with E-state index in [0.717, 1.165) is 0 Å². The summed E-state index contributed by atoms with van der Waals surface area (Å²) >= 11 is 0. The fourth-order valence-electron chi connectivity index (χ4n) is 1.89. The van der Waals surface area contributed by atoms with E-state index >= 15 is 0 Å². The van der Waals surface area contributed by atoms with Gasteiger partial charge in [-0.1, -0.05) is 0 Å². The summed E-state index contributed by atoms with van der Waals surface area (Å²) in [6.07, 6.45) is 0. The van der Waals surface area contributed by atoms with E-state index in [1.807, 2.05) is 0 Å². The van der Waals surface area contributed by atoms with Gasteiger partial charge in [0, 0.05) is 21.1 Å². The Labute approximate surface area is 122 Å². The standard InChI is InChI=1S/C12H19N7O2/c1-12(2)8(21)14-7(20)6-19(12)11-16-9(13-3)15-10(17-11)18(4)5/h6H2,1-5H3,(H,14,20,21)(H,13,15,16,17). The molecule has 1 aromatic rings. The van der Waals surface area contributed by atoms with Crippen molar-refractivity contribution in [3.8, 4) is 0 Å². The number of amides is 2. The van der Waals surface area contributed by atoms with Gasteiger partial charge in [0.25, 0.3) is 5.91 Å². The molecule has 2 amide bonds. The molecule has 2 rings (SSSR count). The molecule has 0 aliphatic carbocycles. The first-order valence-corrected chi connectivity index (χ1v) is 6.48. The summed E-state index contributed by atoms with van der Waals surface area (Å²) in [6, 6.07) is 0. The van der Waals surface area contributed by atoms with Crippen LogP contribution in [0.4, 0.5) is 17.8 Å². The molecule has 0 saturated carbocycles. The average molecular weight is 293 g/mol. The van der Waals surface area contributed by atoms with Crippen molar-refractivity contribution in [3.63, 3.8) is 0 Å². The van der Waals surface area contributed by atoms with Crippen LogP contribution in [0.5, 0.6) is 0 Å². The lowest BCUT2D eigenvalue weighted by atomic mass is 9.99. The highest BCUT2D eigenvalue weighted by Crippen LogP contribution is 2.25. The lowest BCUT2D eigenvalue weighted by molar-refractivity contribution is -0.135. The van der Waals surface area contributed by atoms with Crippen LogP contribution in [-0.2, 0) is 9.59 Å². The van der Waals surface area contributed by atoms with Gasteiger partial charge >= 0.3 is 0 Å². The lowest BCUT2D eigenvalue weighted by Crippen LogP contribution is -2.64. The fourth-order valence-corrected chi connectivity index (χ4v) is 1.89. The van der Waals surface area contributed by atoms with Crippen molar-refractivity contribution in [1.29, 1.82) is 0 Å². The van der Waals surface area contributed by atoms with Crippen LogP contribution in [0.3, 0.4) is 0 Å². The second kappa shape index (κ2) is 5.15. The van der Waals surface area contributed by atoms with E-state index in [2.05, 4.69) is 25.6 Å². The van der Waals surface area contributed by atoms with Gasteiger partial charge in [0.2, 0.25) is 23.8 Å². The highest BCUT2D eigenvalue weighted by atomic mass is 16.2. The van der Waals surface area contributed by atoms with Gasteiger partial charge in [-0.15, -0.1) is 0 Å². The van der Waals surface area contributed by atoms with Gasteiger partial charge in [-0.3, -0.25) is 14.9 Å². The van der Waals surface area contributed by atoms with Gasteiger partial charge < -0.3 is 15.1 Å². The van der Waals surface area contributed by atoms with Crippen molar-refractivity contribution in [1.82, 2.24) is 20.3 Å². The molecule has 2 N–H and O–H groups in total. The van der Waals surface area contributed by atoms with E-state index in [0.29, 0.717) is 11.9 Å². The first-order chi connectivity index (χ1) is 9.75. The molecule has 1 fully saturated rings. The molecule has 0 unspecified atom stereocenters. The number of nitrogens with one attached hydrogen (secondary N) is 2. The van der Waals surface area contributed by atoms with Crippen LogP contribution in [0.15, 0.2) is 0 Å². The van der Waals surface area contributed by atoms with Gasteiger partial charge in [-0.25, -0.2) is 0 Å². The third-order valence-corrected chi connectivity index (χ3v) is 3.26. The van der Waals surface area contributed by atoms with Gasteiger partial charge in [-0.05, 0) is 13.8 Å². The third kappa shape index (κ3) is 2.71. The van der Waals surface area contributed by atoms with Crippen molar-refractivity contribution in [2.75, 3.05) is 42.8 Å². The Bertz CT molecular complexity index is 585. The molecule has 0 spiro atoms. The van der Waals surface area contributed by atoms with E-state index in [1.54, 1.807) is 44.8 Å². The second-order valence-electron chi connectivity index (χ2n) is 5.43. The topological polar surface area (TPSA) is 103 Å². The zero-order valence-electron chi connectivity index (χ0n) is 12.8. The molecule has 114 valence electrons. The average Bonchev–Trinajstić information content (AvgIpc) is 2.42. The molecule has 1 aliphatic rings. The number of rotatable bonds is 3. The summed E-state index contributed by atoms with van der Waals surface area (Å²) in [7, 11) is 5.30. The predicted octanol–water partition coefficient (Wildman–Crippen LogP) is -0.779. The minimum Gasteiger partial charge on any atom is -0.357 e. The molecule has 1 saturated heterocycles. The molecule has 0 aromatic carbocycles. The van der Waals surface area contributed by atoms with Crippen molar-refractivity contribution in [3.05, 3.63) is 0 Å². The van der Waals surface area contributed by atoms with Gasteiger partial charge in [-0.2, -0.15) is 15.0 Å². The van der Waals surface area contributed by atoms with Crippen molar-refractivity contribution in [2.24, 2.45) is 0 Å². The molecule has 0 radical (unpaired) electrons. The molecule has 9 heteroatoms. The monoisotopic (exact) mass is 293 g/mol. The highest BCUT2D eigenvalue weighted by molar-refractivity contribution is 6.06. The van der Waals surface area contributed by atoms with Gasteiger partial charge in [0.1, 0.15) is 12.1 Å². The first kappa shape index (κ1) is 14.9. The number of anilines is 3. The summed E-state index contributed by atoms with van der Waals surface area (Å²) in [5, 5.41) is 5.17. The van der Waals surface area contributed by atoms with E-state index in [-0.39, 0.29) is 24.3 Å². The zero-order chi connectivity index (χ0) is 15.8. The number of carbonyl (C=O) groups excluding carboxylic acids is 2. The summed E-state index contributed by atoms with van der Waals surface area (Å²) < 4.78 is 0. The first-order valence-electron chi connectivity index (χ1n) is 6.48. The quantitative estimate of drug-likeness (QED) is 0.700. The largest absolute Gasteiger partial charge is 0.357 e. The Morgan fingerprint density at radius 3 is 2.48 bits per heavy atom. The van der Waals surface area contributed by atoms with Crippen molar-refractivity contribution < 1.29 is 9.59 Å². The Hall–Kier alpha value is -2.45. The lowest BCUT2D eigenvalue weighted by Gasteiger charge is -2.40. The molecule has 21 heavy (non-hydrogen) atoms. The number of aromatic nitrogens is 3. The smallest absolute Gasteiger partial charge is 0.252 e. The van der Waals surface area contributed by atoms with Crippen molar-refractivity contribution in [2.45, 2.75) is 19.4 Å². The van der Waals surface area contributed by atoms with Crippen LogP contribution in [0.25, 0.3) is 0 Å². The van der Waals surface area contributed by atoms with E-state index < -0.39 is 5.54 Å². The Kier molecular flexibility index (Phi) is 3.67. The summed E-state index contributed by atoms with van der Waals surface area (Å²) in [5.74, 6) is 0.344. The van der Waals surface area contributed by atoms with Crippen LogP contribution in [0.2, 0.25) is 0 Å². The highest BCUT2D eigenvalue weighted by Gasteiger charge is 2.42. The Morgan fingerprint density at radius 2 is 1.90 bits per heavy atom. The van der Waals surface area contributed by atoms with Gasteiger partial charge in [0.05, 0.1) is 0 Å². The van der Waals surface area contributed by atoms with E-state index in [9.17, 15) is 9.59 Å². The van der Waals surface area contributed by atoms with E-state index in [1.165, 1.54) is 0 Å². The minimum atomic E-state index is -0.927. The summed E-state index contributed by atoms with van der Waals surface area (Å²) in [4.78, 5) is 39.8. The number of hydrogen-bond acceptors (Lipinski definition) is 8. The second-order valence-corrected chi connectivity index (χ2v) is 5.43. The van der Waals surface area contributed by atoms with Crippen LogP contribution in [0.1, 0.15) is 13.8 Å². The summed E-state index contributed by atoms with van der Waals surface area (Å²) in [6.45, 7) is 3.44. The Morgan fingerprint density at radius 1 is 1.24 bits per heavy atom. The Balaban J connectivity index is 2.50. The normalized spacial score (nSPS) is 17.5. The maximum atomic E-state index is 12.0. The maximum absolute atomic E-state index is 12.0. The molecule has 0 bridgehead atoms. The number of hydrogen-bond donors (Lipinski definition) is 2. The molecule has 0 atom stereocenters. The van der Waals surface area contributed by atoms with Crippen LogP contribution in [0, 0.1) is 0 Å². The van der Waals surface area contributed by atoms with Gasteiger partial charge in [0.15, 0.2) is 0 Å². The van der Waals surface area contributed by atoms with Crippen LogP contribution >= 0.6 is 0 Å². The molecular weight excluding hydrogens is 274 g/mol. The van der Waals surface area contributed by atoms with E-state index in [4.69, 9.17) is 0 Å². The molecule has 2 heterocycles. The minimum absolute atomic E-state index is 0.0127. The predicted molar refractivity (Wildman–Crippen MR) is 78.3 cm³/mol. The van der Waals surface area contributed by atoms with Crippen molar-refractivity contribution >= 4 is 29.7 Å². The summed E-state index contributed by atoms with van der Waals surface area (Å²) in [5.41, 5.74) is -0.927.